The molecule has 1 aliphatic heterocycles. The van der Waals surface area contributed by atoms with Crippen molar-refractivity contribution >= 4 is 45.5 Å². The predicted octanol–water partition coefficient (Wildman–Crippen LogP) is 4.93. The quantitative estimate of drug-likeness (QED) is 0.510. The smallest absolute Gasteiger partial charge is 0.308 e. The van der Waals surface area contributed by atoms with E-state index in [0.29, 0.717) is 0 Å². The van der Waals surface area contributed by atoms with Crippen molar-refractivity contribution in [2.75, 3.05) is 23.0 Å². The van der Waals surface area contributed by atoms with Crippen LogP contribution in [0.25, 0.3) is 5.65 Å². The SMILES string of the molecule is C[S@](=O)c1ccc(NC(=O)N2C[C@@](C)(C(F)(F)F)c3c2cnc2cc(Cl)nn32)cc1C(F)F. The number of alkyl halides is 5. The van der Waals surface area contributed by atoms with Crippen LogP contribution in [0.15, 0.2) is 35.4 Å². The molecule has 176 valence electrons. The number of nitrogens with one attached hydrogen (secondary N) is 1. The fourth-order valence-corrected chi connectivity index (χ4v) is 4.65. The molecule has 0 radical (unpaired) electrons. The second kappa shape index (κ2) is 7.90. The highest BCUT2D eigenvalue weighted by molar-refractivity contribution is 7.84. The first-order valence-corrected chi connectivity index (χ1v) is 11.2. The van der Waals surface area contributed by atoms with Crippen molar-refractivity contribution in [2.45, 2.75) is 29.8 Å². The van der Waals surface area contributed by atoms with Gasteiger partial charge in [-0.3, -0.25) is 9.11 Å². The summed E-state index contributed by atoms with van der Waals surface area (Å²) in [6.07, 6.45) is -5.40. The van der Waals surface area contributed by atoms with Crippen LogP contribution in [-0.2, 0) is 16.2 Å². The van der Waals surface area contributed by atoms with E-state index in [1.807, 2.05) is 0 Å². The van der Waals surface area contributed by atoms with Crippen molar-refractivity contribution in [2.24, 2.45) is 0 Å². The maximum atomic E-state index is 14.1. The molecule has 2 atom stereocenters. The number of hydrogen-bond donors (Lipinski definition) is 1. The molecule has 1 aromatic carbocycles. The van der Waals surface area contributed by atoms with E-state index in [1.165, 1.54) is 24.5 Å². The van der Waals surface area contributed by atoms with Crippen LogP contribution in [0.2, 0.25) is 5.15 Å². The Morgan fingerprint density at radius 2 is 2.00 bits per heavy atom. The minimum absolute atomic E-state index is 0.0706. The molecule has 0 bridgehead atoms. The Morgan fingerprint density at radius 3 is 2.61 bits per heavy atom. The van der Waals surface area contributed by atoms with E-state index in [4.69, 9.17) is 11.6 Å². The Hall–Kier alpha value is -2.80. The topological polar surface area (TPSA) is 79.6 Å². The molecule has 2 aromatic heterocycles. The molecular formula is C19H15ClF5N5O2S. The third-order valence-corrected chi connectivity index (χ3v) is 6.57. The van der Waals surface area contributed by atoms with Crippen LogP contribution in [0.1, 0.15) is 24.6 Å². The molecule has 1 N–H and O–H groups in total. The number of urea groups is 1. The van der Waals surface area contributed by atoms with Crippen LogP contribution in [0.5, 0.6) is 0 Å². The van der Waals surface area contributed by atoms with E-state index < -0.39 is 47.0 Å². The van der Waals surface area contributed by atoms with E-state index in [2.05, 4.69) is 15.4 Å². The molecule has 0 unspecified atom stereocenters. The fraction of sp³-hybridized carbons (Fsp3) is 0.316. The van der Waals surface area contributed by atoms with Crippen molar-refractivity contribution in [3.05, 3.63) is 46.9 Å². The number of halogens is 6. The lowest BCUT2D eigenvalue weighted by Crippen LogP contribution is -2.46. The lowest BCUT2D eigenvalue weighted by atomic mass is 9.88. The average molecular weight is 508 g/mol. The first kappa shape index (κ1) is 23.4. The Morgan fingerprint density at radius 1 is 1.30 bits per heavy atom. The van der Waals surface area contributed by atoms with Gasteiger partial charge >= 0.3 is 12.2 Å². The molecule has 14 heteroatoms. The summed E-state index contributed by atoms with van der Waals surface area (Å²) in [7, 11) is -1.70. The summed E-state index contributed by atoms with van der Waals surface area (Å²) in [6, 6.07) is 3.64. The van der Waals surface area contributed by atoms with Gasteiger partial charge in [0.05, 0.1) is 28.4 Å². The van der Waals surface area contributed by atoms with Gasteiger partial charge < -0.3 is 5.32 Å². The maximum Gasteiger partial charge on any atom is 0.401 e. The third-order valence-electron chi connectivity index (χ3n) is 5.40. The molecular weight excluding hydrogens is 493 g/mol. The van der Waals surface area contributed by atoms with Crippen LogP contribution in [0.3, 0.4) is 0 Å². The van der Waals surface area contributed by atoms with Gasteiger partial charge in [-0.25, -0.2) is 23.1 Å². The number of aromatic nitrogens is 3. The van der Waals surface area contributed by atoms with Crippen LogP contribution in [0.4, 0.5) is 38.1 Å². The molecule has 3 heterocycles. The van der Waals surface area contributed by atoms with Crippen LogP contribution in [0, 0.1) is 0 Å². The van der Waals surface area contributed by atoms with Gasteiger partial charge in [0.25, 0.3) is 6.43 Å². The summed E-state index contributed by atoms with van der Waals surface area (Å²) in [6.45, 7) is 0.128. The van der Waals surface area contributed by atoms with Gasteiger partial charge in [0.2, 0.25) is 0 Å². The number of nitrogens with zero attached hydrogens (tertiary/aromatic N) is 4. The molecule has 3 aromatic rings. The predicted molar refractivity (Wildman–Crippen MR) is 112 cm³/mol. The van der Waals surface area contributed by atoms with Gasteiger partial charge in [0.15, 0.2) is 10.8 Å². The number of benzene rings is 1. The van der Waals surface area contributed by atoms with Gasteiger partial charge in [0, 0.05) is 35.0 Å². The lowest BCUT2D eigenvalue weighted by molar-refractivity contribution is -0.181. The summed E-state index contributed by atoms with van der Waals surface area (Å²) in [5.41, 5.74) is -3.56. The lowest BCUT2D eigenvalue weighted by Gasteiger charge is -2.28. The van der Waals surface area contributed by atoms with Gasteiger partial charge in [0.1, 0.15) is 5.41 Å². The summed E-state index contributed by atoms with van der Waals surface area (Å²) in [5, 5.41) is 6.14. The molecule has 0 aliphatic carbocycles. The Bertz CT molecular complexity index is 1300. The Balaban J connectivity index is 1.76. The van der Waals surface area contributed by atoms with E-state index >= 15 is 0 Å². The molecule has 0 saturated carbocycles. The standard InChI is InChI=1S/C19H15ClF5N5O2S/c1-18(19(23,24)25)8-29(11-7-26-14-6-13(20)28-30(14)15(11)18)17(31)27-9-3-4-12(33(2)32)10(5-9)16(21)22/h3-7,16H,8H2,1-2H3,(H,27,31)/t18-,33+/m1/s1. The van der Waals surface area contributed by atoms with Gasteiger partial charge in [-0.1, -0.05) is 11.6 Å². The van der Waals surface area contributed by atoms with Crippen molar-refractivity contribution in [3.8, 4) is 0 Å². The summed E-state index contributed by atoms with van der Waals surface area (Å²) in [5.74, 6) is 0. The highest BCUT2D eigenvalue weighted by Crippen LogP contribution is 2.50. The highest BCUT2D eigenvalue weighted by Gasteiger charge is 2.60. The largest absolute Gasteiger partial charge is 0.401 e. The molecule has 0 spiro atoms. The first-order chi connectivity index (χ1) is 15.3. The van der Waals surface area contributed by atoms with Gasteiger partial charge in [-0.2, -0.15) is 18.3 Å². The monoisotopic (exact) mass is 507 g/mol. The summed E-state index contributed by atoms with van der Waals surface area (Å²) < 4.78 is 81.7. The average Bonchev–Trinajstić information content (AvgIpc) is 3.24. The first-order valence-electron chi connectivity index (χ1n) is 9.29. The molecule has 0 saturated heterocycles. The van der Waals surface area contributed by atoms with Gasteiger partial charge in [-0.15, -0.1) is 0 Å². The zero-order valence-electron chi connectivity index (χ0n) is 17.0. The molecule has 1 aliphatic rings. The third kappa shape index (κ3) is 3.82. The molecule has 4 rings (SSSR count). The molecule has 2 amide bonds. The fourth-order valence-electron chi connectivity index (χ4n) is 3.74. The number of carbonyl (C=O) groups is 1. The van der Waals surface area contributed by atoms with Crippen molar-refractivity contribution in [3.63, 3.8) is 0 Å². The van der Waals surface area contributed by atoms with Crippen LogP contribution < -0.4 is 10.2 Å². The van der Waals surface area contributed by atoms with Crippen molar-refractivity contribution < 1.29 is 31.0 Å². The van der Waals surface area contributed by atoms with E-state index in [0.717, 1.165) is 28.6 Å². The summed E-state index contributed by atoms with van der Waals surface area (Å²) in [4.78, 5) is 17.7. The van der Waals surface area contributed by atoms with E-state index in [9.17, 15) is 31.0 Å². The Kier molecular flexibility index (Phi) is 5.60. The molecule has 33 heavy (non-hydrogen) atoms. The zero-order chi connectivity index (χ0) is 24.3. The maximum absolute atomic E-state index is 14.1. The van der Waals surface area contributed by atoms with Crippen LogP contribution >= 0.6 is 11.6 Å². The second-order valence-electron chi connectivity index (χ2n) is 7.58. The number of rotatable bonds is 3. The molecule has 0 fully saturated rings. The number of carbonyl (C=O) groups excluding carboxylic acids is 1. The summed E-state index contributed by atoms with van der Waals surface area (Å²) >= 11 is 5.84. The highest BCUT2D eigenvalue weighted by atomic mass is 35.5. The van der Waals surface area contributed by atoms with Gasteiger partial charge in [-0.05, 0) is 25.1 Å². The Labute approximate surface area is 191 Å². The number of anilines is 2. The second-order valence-corrected chi connectivity index (χ2v) is 9.32. The minimum atomic E-state index is -4.76. The van der Waals surface area contributed by atoms with E-state index in [1.54, 1.807) is 0 Å². The zero-order valence-corrected chi connectivity index (χ0v) is 18.5. The molecule has 7 nitrogen and oxygen atoms in total. The van der Waals surface area contributed by atoms with Crippen molar-refractivity contribution in [1.82, 2.24) is 14.6 Å². The van der Waals surface area contributed by atoms with Crippen LogP contribution in [-0.4, -0.2) is 43.8 Å². The number of amides is 2. The normalized spacial score (nSPS) is 19.2. The van der Waals surface area contributed by atoms with Crippen molar-refractivity contribution in [1.29, 1.82) is 0 Å². The van der Waals surface area contributed by atoms with E-state index in [-0.39, 0.29) is 32.8 Å². The minimum Gasteiger partial charge on any atom is -0.308 e. The number of hydrogen-bond acceptors (Lipinski definition) is 4. The number of fused-ring (bicyclic) bond motifs is 3.